The lowest BCUT2D eigenvalue weighted by Crippen LogP contribution is -2.20. The van der Waals surface area contributed by atoms with Gasteiger partial charge >= 0.3 is 6.01 Å². The minimum Gasteiger partial charge on any atom is -0.484 e. The van der Waals surface area contributed by atoms with E-state index in [1.54, 1.807) is 12.1 Å². The molecule has 3 rings (SSSR count). The Balaban J connectivity index is 1.57. The molecule has 0 spiro atoms. The third kappa shape index (κ3) is 4.66. The molecule has 0 aliphatic rings. The number of carbonyl (C=O) groups excluding carboxylic acids is 1. The van der Waals surface area contributed by atoms with Crippen molar-refractivity contribution < 1.29 is 22.7 Å². The number of anilines is 1. The zero-order chi connectivity index (χ0) is 19.4. The van der Waals surface area contributed by atoms with E-state index in [9.17, 15) is 13.6 Å². The Labute approximate surface area is 154 Å². The van der Waals surface area contributed by atoms with Gasteiger partial charge in [0.15, 0.2) is 6.61 Å². The SMILES string of the molecule is CC(C)c1ccc(OCC(=O)Nc2nnc(-c3ccc(F)cc3F)o2)cc1. The van der Waals surface area contributed by atoms with Gasteiger partial charge in [-0.1, -0.05) is 31.1 Å². The first-order valence-electron chi connectivity index (χ1n) is 8.24. The molecular formula is C19H17F2N3O3. The topological polar surface area (TPSA) is 77.2 Å². The molecule has 1 amide bonds. The average Bonchev–Trinajstić information content (AvgIpc) is 3.08. The van der Waals surface area contributed by atoms with Crippen molar-refractivity contribution in [2.75, 3.05) is 11.9 Å². The van der Waals surface area contributed by atoms with Gasteiger partial charge in [-0.25, -0.2) is 8.78 Å². The third-order valence-corrected chi connectivity index (χ3v) is 3.75. The van der Waals surface area contributed by atoms with Crippen molar-refractivity contribution in [1.82, 2.24) is 10.2 Å². The van der Waals surface area contributed by atoms with E-state index >= 15 is 0 Å². The standard InChI is InChI=1S/C19H17F2N3O3/c1-11(2)12-3-6-14(7-4-12)26-10-17(25)22-19-24-23-18(27-19)15-8-5-13(20)9-16(15)21/h3-9,11H,10H2,1-2H3,(H,22,24,25). The van der Waals surface area contributed by atoms with Gasteiger partial charge in [-0.15, -0.1) is 5.10 Å². The first-order chi connectivity index (χ1) is 12.9. The summed E-state index contributed by atoms with van der Waals surface area (Å²) in [7, 11) is 0. The first kappa shape index (κ1) is 18.5. The summed E-state index contributed by atoms with van der Waals surface area (Å²) >= 11 is 0. The van der Waals surface area contributed by atoms with Gasteiger partial charge in [0.1, 0.15) is 17.4 Å². The van der Waals surface area contributed by atoms with E-state index in [0.717, 1.165) is 6.07 Å². The highest BCUT2D eigenvalue weighted by molar-refractivity contribution is 5.89. The van der Waals surface area contributed by atoms with E-state index in [1.807, 2.05) is 12.1 Å². The summed E-state index contributed by atoms with van der Waals surface area (Å²) in [5.41, 5.74) is 1.10. The molecule has 27 heavy (non-hydrogen) atoms. The predicted octanol–water partition coefficient (Wildman–Crippen LogP) is 4.16. The number of ether oxygens (including phenoxy) is 1. The van der Waals surface area contributed by atoms with Gasteiger partial charge in [-0.2, -0.15) is 0 Å². The number of hydrogen-bond acceptors (Lipinski definition) is 5. The number of rotatable bonds is 6. The summed E-state index contributed by atoms with van der Waals surface area (Å²) in [6, 6.07) is 10.2. The molecule has 0 aliphatic heterocycles. The highest BCUT2D eigenvalue weighted by atomic mass is 19.1. The van der Waals surface area contributed by atoms with Gasteiger partial charge in [0, 0.05) is 6.07 Å². The van der Waals surface area contributed by atoms with Crippen LogP contribution in [0.3, 0.4) is 0 Å². The highest BCUT2D eigenvalue weighted by Gasteiger charge is 2.15. The molecule has 0 saturated carbocycles. The molecule has 6 nitrogen and oxygen atoms in total. The maximum Gasteiger partial charge on any atom is 0.322 e. The minimum atomic E-state index is -0.843. The number of nitrogens with zero attached hydrogens (tertiary/aromatic N) is 2. The van der Waals surface area contributed by atoms with Crippen LogP contribution in [0.2, 0.25) is 0 Å². The molecule has 0 bridgehead atoms. The van der Waals surface area contributed by atoms with Crippen molar-refractivity contribution >= 4 is 11.9 Å². The molecule has 0 aliphatic carbocycles. The van der Waals surface area contributed by atoms with Gasteiger partial charge < -0.3 is 9.15 Å². The fourth-order valence-electron chi connectivity index (χ4n) is 2.30. The fourth-order valence-corrected chi connectivity index (χ4v) is 2.30. The number of carbonyl (C=O) groups is 1. The van der Waals surface area contributed by atoms with Gasteiger partial charge in [-0.3, -0.25) is 10.1 Å². The summed E-state index contributed by atoms with van der Waals surface area (Å²) in [5, 5.41) is 9.62. The van der Waals surface area contributed by atoms with Crippen molar-refractivity contribution in [2.45, 2.75) is 19.8 Å². The van der Waals surface area contributed by atoms with Crippen LogP contribution in [0.5, 0.6) is 5.75 Å². The molecule has 3 aromatic rings. The Bertz CT molecular complexity index is 940. The van der Waals surface area contributed by atoms with Crippen LogP contribution in [-0.2, 0) is 4.79 Å². The van der Waals surface area contributed by atoms with Crippen LogP contribution < -0.4 is 10.1 Å². The maximum absolute atomic E-state index is 13.7. The lowest BCUT2D eigenvalue weighted by atomic mass is 10.0. The molecule has 0 unspecified atom stereocenters. The third-order valence-electron chi connectivity index (χ3n) is 3.75. The van der Waals surface area contributed by atoms with Crippen LogP contribution >= 0.6 is 0 Å². The predicted molar refractivity (Wildman–Crippen MR) is 94.3 cm³/mol. The molecule has 1 heterocycles. The highest BCUT2D eigenvalue weighted by Crippen LogP contribution is 2.23. The van der Waals surface area contributed by atoms with Crippen molar-refractivity contribution in [1.29, 1.82) is 0 Å². The van der Waals surface area contributed by atoms with E-state index in [4.69, 9.17) is 9.15 Å². The molecule has 0 saturated heterocycles. The number of benzene rings is 2. The number of aromatic nitrogens is 2. The van der Waals surface area contributed by atoms with E-state index in [2.05, 4.69) is 29.4 Å². The summed E-state index contributed by atoms with van der Waals surface area (Å²) in [6.45, 7) is 3.91. The van der Waals surface area contributed by atoms with Crippen LogP contribution in [0, 0.1) is 11.6 Å². The zero-order valence-electron chi connectivity index (χ0n) is 14.7. The Morgan fingerprint density at radius 3 is 2.56 bits per heavy atom. The van der Waals surface area contributed by atoms with Gasteiger partial charge in [-0.05, 0) is 35.7 Å². The Morgan fingerprint density at radius 2 is 1.89 bits per heavy atom. The number of halogens is 2. The number of nitrogens with one attached hydrogen (secondary N) is 1. The minimum absolute atomic E-state index is 0.0640. The summed E-state index contributed by atoms with van der Waals surface area (Å²) in [4.78, 5) is 11.9. The summed E-state index contributed by atoms with van der Waals surface area (Å²) < 4.78 is 37.2. The van der Waals surface area contributed by atoms with Crippen LogP contribution in [-0.4, -0.2) is 22.7 Å². The van der Waals surface area contributed by atoms with Crippen molar-refractivity contribution in [2.24, 2.45) is 0 Å². The lowest BCUT2D eigenvalue weighted by molar-refractivity contribution is -0.118. The van der Waals surface area contributed by atoms with Crippen LogP contribution in [0.25, 0.3) is 11.5 Å². The number of amides is 1. The van der Waals surface area contributed by atoms with E-state index in [1.165, 1.54) is 11.6 Å². The smallest absolute Gasteiger partial charge is 0.322 e. The molecule has 8 heteroatoms. The average molecular weight is 373 g/mol. The molecule has 0 fully saturated rings. The molecule has 1 aromatic heterocycles. The van der Waals surface area contributed by atoms with Crippen LogP contribution in [0.1, 0.15) is 25.3 Å². The van der Waals surface area contributed by atoms with Crippen molar-refractivity contribution in [3.63, 3.8) is 0 Å². The number of hydrogen-bond donors (Lipinski definition) is 1. The van der Waals surface area contributed by atoms with E-state index < -0.39 is 17.5 Å². The monoisotopic (exact) mass is 373 g/mol. The lowest BCUT2D eigenvalue weighted by Gasteiger charge is -2.08. The first-order valence-corrected chi connectivity index (χ1v) is 8.24. The molecule has 0 atom stereocenters. The maximum atomic E-state index is 13.7. The second-order valence-electron chi connectivity index (χ2n) is 6.10. The summed E-state index contributed by atoms with van der Waals surface area (Å²) in [6.07, 6.45) is 0. The Morgan fingerprint density at radius 1 is 1.15 bits per heavy atom. The zero-order valence-corrected chi connectivity index (χ0v) is 14.7. The Hall–Kier alpha value is -3.29. The second kappa shape index (κ2) is 7.94. The van der Waals surface area contributed by atoms with Crippen LogP contribution in [0.15, 0.2) is 46.9 Å². The normalized spacial score (nSPS) is 10.9. The van der Waals surface area contributed by atoms with Crippen molar-refractivity contribution in [3.05, 3.63) is 59.7 Å². The molecule has 0 radical (unpaired) electrons. The van der Waals surface area contributed by atoms with E-state index in [-0.39, 0.29) is 24.1 Å². The molecular weight excluding hydrogens is 356 g/mol. The quantitative estimate of drug-likeness (QED) is 0.702. The fraction of sp³-hybridized carbons (Fsp3) is 0.211. The summed E-state index contributed by atoms with van der Waals surface area (Å²) in [5.74, 6) is -1.30. The molecule has 2 aromatic carbocycles. The van der Waals surface area contributed by atoms with E-state index in [0.29, 0.717) is 17.7 Å². The largest absolute Gasteiger partial charge is 0.484 e. The second-order valence-corrected chi connectivity index (χ2v) is 6.10. The van der Waals surface area contributed by atoms with Gasteiger partial charge in [0.25, 0.3) is 11.8 Å². The van der Waals surface area contributed by atoms with Crippen molar-refractivity contribution in [3.8, 4) is 17.2 Å². The Kier molecular flexibility index (Phi) is 5.44. The van der Waals surface area contributed by atoms with Gasteiger partial charge in [0.2, 0.25) is 0 Å². The van der Waals surface area contributed by atoms with Crippen LogP contribution in [0.4, 0.5) is 14.8 Å². The molecule has 140 valence electrons. The molecule has 1 N–H and O–H groups in total. The van der Waals surface area contributed by atoms with Gasteiger partial charge in [0.05, 0.1) is 5.56 Å².